The van der Waals surface area contributed by atoms with Crippen LogP contribution in [0.2, 0.25) is 0 Å². The minimum atomic E-state index is 0.378. The van der Waals surface area contributed by atoms with Crippen molar-refractivity contribution in [3.8, 4) is 0 Å². The Kier molecular flexibility index (Phi) is 4.38. The van der Waals surface area contributed by atoms with Crippen LogP contribution in [0.25, 0.3) is 0 Å². The van der Waals surface area contributed by atoms with Gasteiger partial charge in [-0.05, 0) is 49.9 Å². The number of hydrogen-bond donors (Lipinski definition) is 1. The van der Waals surface area contributed by atoms with Crippen molar-refractivity contribution in [2.45, 2.75) is 72.0 Å². The van der Waals surface area contributed by atoms with Gasteiger partial charge in [-0.3, -0.25) is 4.90 Å². The maximum Gasteiger partial charge on any atom is 0.0276 e. The molecule has 0 spiro atoms. The van der Waals surface area contributed by atoms with Crippen LogP contribution in [0.5, 0.6) is 0 Å². The highest BCUT2D eigenvalue weighted by molar-refractivity contribution is 4.96. The molecule has 1 aliphatic heterocycles. The quantitative estimate of drug-likeness (QED) is 0.777. The molecule has 0 amide bonds. The standard InChI is InChI=1S/C16H32N2/c1-10-6-13(4)16(15(17)8-10)18-9-11(2)7-12(3)14(18)5/h10-16H,6-9,17H2,1-5H3. The van der Waals surface area contributed by atoms with Crippen LogP contribution >= 0.6 is 0 Å². The number of hydrogen-bond acceptors (Lipinski definition) is 2. The van der Waals surface area contributed by atoms with E-state index >= 15 is 0 Å². The fourth-order valence-corrected chi connectivity index (χ4v) is 4.62. The van der Waals surface area contributed by atoms with E-state index in [1.165, 1.54) is 25.8 Å². The number of likely N-dealkylation sites (tertiary alicyclic amines) is 1. The highest BCUT2D eigenvalue weighted by atomic mass is 15.2. The summed E-state index contributed by atoms with van der Waals surface area (Å²) < 4.78 is 0. The van der Waals surface area contributed by atoms with Crippen molar-refractivity contribution in [1.29, 1.82) is 0 Å². The summed E-state index contributed by atoms with van der Waals surface area (Å²) >= 11 is 0. The van der Waals surface area contributed by atoms with Gasteiger partial charge in [0.1, 0.15) is 0 Å². The molecule has 0 aromatic carbocycles. The van der Waals surface area contributed by atoms with E-state index in [1.807, 2.05) is 0 Å². The van der Waals surface area contributed by atoms with Gasteiger partial charge in [0, 0.05) is 24.7 Å². The summed E-state index contributed by atoms with van der Waals surface area (Å²) in [5.74, 6) is 3.20. The van der Waals surface area contributed by atoms with Crippen LogP contribution in [0.4, 0.5) is 0 Å². The van der Waals surface area contributed by atoms with Gasteiger partial charge in [-0.15, -0.1) is 0 Å². The maximum absolute atomic E-state index is 6.50. The Hall–Kier alpha value is -0.0800. The first-order valence-electron chi connectivity index (χ1n) is 7.91. The van der Waals surface area contributed by atoms with Crippen LogP contribution in [-0.4, -0.2) is 29.6 Å². The lowest BCUT2D eigenvalue weighted by Gasteiger charge is -2.51. The van der Waals surface area contributed by atoms with Crippen molar-refractivity contribution >= 4 is 0 Å². The summed E-state index contributed by atoms with van der Waals surface area (Å²) in [4.78, 5) is 2.75. The third kappa shape index (κ3) is 2.75. The third-order valence-electron chi connectivity index (χ3n) is 5.50. The molecule has 2 heteroatoms. The fourth-order valence-electron chi connectivity index (χ4n) is 4.62. The van der Waals surface area contributed by atoms with Crippen molar-refractivity contribution in [2.24, 2.45) is 29.4 Å². The monoisotopic (exact) mass is 252 g/mol. The van der Waals surface area contributed by atoms with Gasteiger partial charge >= 0.3 is 0 Å². The number of nitrogens with zero attached hydrogens (tertiary/aromatic N) is 1. The zero-order valence-corrected chi connectivity index (χ0v) is 12.9. The molecule has 2 nitrogen and oxygen atoms in total. The summed E-state index contributed by atoms with van der Waals surface area (Å²) in [6.45, 7) is 13.2. The van der Waals surface area contributed by atoms with Gasteiger partial charge in [-0.2, -0.15) is 0 Å². The van der Waals surface area contributed by atoms with E-state index < -0.39 is 0 Å². The highest BCUT2D eigenvalue weighted by Crippen LogP contribution is 2.37. The lowest BCUT2D eigenvalue weighted by Crippen LogP contribution is -2.61. The zero-order chi connectivity index (χ0) is 13.4. The molecule has 7 atom stereocenters. The Morgan fingerprint density at radius 3 is 2.06 bits per heavy atom. The van der Waals surface area contributed by atoms with Crippen molar-refractivity contribution in [2.75, 3.05) is 6.54 Å². The summed E-state index contributed by atoms with van der Waals surface area (Å²) in [7, 11) is 0. The second-order valence-corrected chi connectivity index (χ2v) is 7.46. The van der Waals surface area contributed by atoms with Crippen LogP contribution in [0, 0.1) is 23.7 Å². The maximum atomic E-state index is 6.50. The smallest absolute Gasteiger partial charge is 0.0276 e. The normalized spacial score (nSPS) is 51.3. The lowest BCUT2D eigenvalue weighted by atomic mass is 9.74. The van der Waals surface area contributed by atoms with Gasteiger partial charge in [0.05, 0.1) is 0 Å². The Morgan fingerprint density at radius 2 is 1.44 bits per heavy atom. The van der Waals surface area contributed by atoms with Crippen molar-refractivity contribution < 1.29 is 0 Å². The van der Waals surface area contributed by atoms with Crippen molar-refractivity contribution in [3.63, 3.8) is 0 Å². The predicted molar refractivity (Wildman–Crippen MR) is 78.4 cm³/mol. The van der Waals surface area contributed by atoms with Gasteiger partial charge in [-0.25, -0.2) is 0 Å². The highest BCUT2D eigenvalue weighted by Gasteiger charge is 2.41. The van der Waals surface area contributed by atoms with E-state index in [0.717, 1.165) is 23.7 Å². The molecule has 2 fully saturated rings. The third-order valence-corrected chi connectivity index (χ3v) is 5.50. The number of piperidine rings is 1. The van der Waals surface area contributed by atoms with Crippen LogP contribution in [-0.2, 0) is 0 Å². The second kappa shape index (κ2) is 5.50. The van der Waals surface area contributed by atoms with Crippen LogP contribution < -0.4 is 5.73 Å². The van der Waals surface area contributed by atoms with E-state index in [-0.39, 0.29) is 0 Å². The van der Waals surface area contributed by atoms with Gasteiger partial charge in [-0.1, -0.05) is 27.7 Å². The van der Waals surface area contributed by atoms with E-state index in [4.69, 9.17) is 5.73 Å². The molecular formula is C16H32N2. The predicted octanol–water partition coefficient (Wildman–Crippen LogP) is 3.11. The van der Waals surface area contributed by atoms with Gasteiger partial charge in [0.15, 0.2) is 0 Å². The molecule has 18 heavy (non-hydrogen) atoms. The van der Waals surface area contributed by atoms with Gasteiger partial charge in [0.2, 0.25) is 0 Å². The molecule has 1 saturated carbocycles. The average molecular weight is 252 g/mol. The Bertz CT molecular complexity index is 266. The van der Waals surface area contributed by atoms with Crippen molar-refractivity contribution in [3.05, 3.63) is 0 Å². The molecule has 0 bridgehead atoms. The van der Waals surface area contributed by atoms with Crippen LogP contribution in [0.15, 0.2) is 0 Å². The second-order valence-electron chi connectivity index (χ2n) is 7.46. The molecule has 0 radical (unpaired) electrons. The van der Waals surface area contributed by atoms with E-state index in [9.17, 15) is 0 Å². The van der Waals surface area contributed by atoms with E-state index in [2.05, 4.69) is 39.5 Å². The summed E-state index contributed by atoms with van der Waals surface area (Å²) in [6, 6.07) is 1.69. The average Bonchev–Trinajstić information content (AvgIpc) is 2.23. The summed E-state index contributed by atoms with van der Waals surface area (Å²) in [5.41, 5.74) is 6.50. The Labute approximate surface area is 113 Å². The lowest BCUT2D eigenvalue weighted by molar-refractivity contribution is -0.0117. The first-order chi connectivity index (χ1) is 8.40. The van der Waals surface area contributed by atoms with Crippen LogP contribution in [0.3, 0.4) is 0 Å². The largest absolute Gasteiger partial charge is 0.326 e. The molecule has 2 N–H and O–H groups in total. The summed E-state index contributed by atoms with van der Waals surface area (Å²) in [6.07, 6.45) is 3.94. The zero-order valence-electron chi connectivity index (χ0n) is 12.9. The molecule has 2 aliphatic rings. The van der Waals surface area contributed by atoms with Crippen molar-refractivity contribution in [1.82, 2.24) is 4.90 Å². The molecule has 106 valence electrons. The summed E-state index contributed by atoms with van der Waals surface area (Å²) in [5, 5.41) is 0. The molecular weight excluding hydrogens is 220 g/mol. The Balaban J connectivity index is 2.13. The number of nitrogens with two attached hydrogens (primary N) is 1. The first kappa shape index (κ1) is 14.3. The molecule has 0 aromatic rings. The van der Waals surface area contributed by atoms with Gasteiger partial charge < -0.3 is 5.73 Å². The van der Waals surface area contributed by atoms with Crippen LogP contribution in [0.1, 0.15) is 53.9 Å². The first-order valence-corrected chi connectivity index (χ1v) is 7.91. The van der Waals surface area contributed by atoms with E-state index in [1.54, 1.807) is 0 Å². The minimum absolute atomic E-state index is 0.378. The molecule has 1 saturated heterocycles. The van der Waals surface area contributed by atoms with Gasteiger partial charge in [0.25, 0.3) is 0 Å². The SMILES string of the molecule is CC1CC(C)C(N2CC(C)CC(C)C2C)C(N)C1. The molecule has 1 aliphatic carbocycles. The minimum Gasteiger partial charge on any atom is -0.326 e. The molecule has 2 rings (SSSR count). The molecule has 0 aromatic heterocycles. The Morgan fingerprint density at radius 1 is 0.833 bits per heavy atom. The number of rotatable bonds is 1. The fraction of sp³-hybridized carbons (Fsp3) is 1.00. The topological polar surface area (TPSA) is 29.3 Å². The molecule has 7 unspecified atom stereocenters. The van der Waals surface area contributed by atoms with E-state index in [0.29, 0.717) is 18.1 Å². The molecule has 1 heterocycles.